The third kappa shape index (κ3) is 2.97. The third-order valence-electron chi connectivity index (χ3n) is 1.97. The molecule has 0 bridgehead atoms. The largest absolute Gasteiger partial charge is 0.476 e. The summed E-state index contributed by atoms with van der Waals surface area (Å²) >= 11 is 0. The average molecular weight is 212 g/mol. The van der Waals surface area contributed by atoms with Gasteiger partial charge in [-0.1, -0.05) is 13.8 Å². The molecular weight excluding hydrogens is 196 g/mol. The van der Waals surface area contributed by atoms with Crippen molar-refractivity contribution < 1.29 is 14.3 Å². The van der Waals surface area contributed by atoms with Crippen molar-refractivity contribution in [2.75, 3.05) is 18.0 Å². The molecule has 0 radical (unpaired) electrons. The number of hydrogen-bond donors (Lipinski definition) is 1. The van der Waals surface area contributed by atoms with E-state index in [1.54, 1.807) is 0 Å². The molecule has 0 aliphatic carbocycles. The first-order valence-corrected chi connectivity index (χ1v) is 5.12. The minimum absolute atomic E-state index is 0.0396. The summed E-state index contributed by atoms with van der Waals surface area (Å²) in [6, 6.07) is 0.399. The van der Waals surface area contributed by atoms with Crippen molar-refractivity contribution in [2.24, 2.45) is 0 Å². The monoisotopic (exact) mass is 212 g/mol. The van der Waals surface area contributed by atoms with Gasteiger partial charge in [0.1, 0.15) is 6.26 Å². The molecule has 5 nitrogen and oxygen atoms in total. The van der Waals surface area contributed by atoms with Gasteiger partial charge in [0.25, 0.3) is 6.01 Å². The Balaban J connectivity index is 2.76. The first-order valence-electron chi connectivity index (χ1n) is 5.12. The molecule has 0 unspecified atom stereocenters. The Labute approximate surface area is 88.7 Å². The molecule has 0 spiro atoms. The lowest BCUT2D eigenvalue weighted by Crippen LogP contribution is -2.25. The zero-order valence-electron chi connectivity index (χ0n) is 9.06. The van der Waals surface area contributed by atoms with Crippen LogP contribution in [0.25, 0.3) is 0 Å². The molecule has 84 valence electrons. The SMILES string of the molecule is CCCN(CCC)c1nc(C(=O)O)co1. The van der Waals surface area contributed by atoms with Crippen LogP contribution in [0.4, 0.5) is 6.01 Å². The maximum atomic E-state index is 10.6. The summed E-state index contributed by atoms with van der Waals surface area (Å²) in [5, 5.41) is 8.70. The second kappa shape index (κ2) is 5.38. The maximum Gasteiger partial charge on any atom is 0.357 e. The summed E-state index contributed by atoms with van der Waals surface area (Å²) in [4.78, 5) is 16.5. The van der Waals surface area contributed by atoms with Gasteiger partial charge in [0.15, 0.2) is 5.69 Å². The lowest BCUT2D eigenvalue weighted by molar-refractivity contribution is 0.0690. The van der Waals surface area contributed by atoms with E-state index in [0.29, 0.717) is 6.01 Å². The predicted octanol–water partition coefficient (Wildman–Crippen LogP) is 2.00. The van der Waals surface area contributed by atoms with E-state index >= 15 is 0 Å². The van der Waals surface area contributed by atoms with Crippen LogP contribution < -0.4 is 4.90 Å². The van der Waals surface area contributed by atoms with E-state index in [2.05, 4.69) is 18.8 Å². The summed E-state index contributed by atoms with van der Waals surface area (Å²) < 4.78 is 5.13. The smallest absolute Gasteiger partial charge is 0.357 e. The zero-order chi connectivity index (χ0) is 11.3. The highest BCUT2D eigenvalue weighted by atomic mass is 16.4. The molecule has 1 N–H and O–H groups in total. The second-order valence-corrected chi connectivity index (χ2v) is 3.31. The van der Waals surface area contributed by atoms with Crippen molar-refractivity contribution in [1.82, 2.24) is 4.98 Å². The van der Waals surface area contributed by atoms with Crippen molar-refractivity contribution in [1.29, 1.82) is 0 Å². The highest BCUT2D eigenvalue weighted by molar-refractivity contribution is 5.85. The Bertz CT molecular complexity index is 316. The van der Waals surface area contributed by atoms with E-state index in [4.69, 9.17) is 9.52 Å². The molecule has 15 heavy (non-hydrogen) atoms. The minimum Gasteiger partial charge on any atom is -0.476 e. The quantitative estimate of drug-likeness (QED) is 0.781. The normalized spacial score (nSPS) is 10.3. The Morgan fingerprint density at radius 2 is 2.07 bits per heavy atom. The van der Waals surface area contributed by atoms with E-state index in [0.717, 1.165) is 25.9 Å². The van der Waals surface area contributed by atoms with Crippen molar-refractivity contribution in [3.8, 4) is 0 Å². The number of hydrogen-bond acceptors (Lipinski definition) is 4. The number of carbonyl (C=O) groups is 1. The van der Waals surface area contributed by atoms with Gasteiger partial charge in [-0.2, -0.15) is 4.98 Å². The highest BCUT2D eigenvalue weighted by Crippen LogP contribution is 2.14. The van der Waals surface area contributed by atoms with Crippen LogP contribution in [0.2, 0.25) is 0 Å². The molecule has 1 aromatic rings. The fourth-order valence-electron chi connectivity index (χ4n) is 1.35. The molecule has 0 aliphatic heterocycles. The molecule has 0 saturated heterocycles. The van der Waals surface area contributed by atoms with E-state index in [9.17, 15) is 4.79 Å². The van der Waals surface area contributed by atoms with E-state index in [1.165, 1.54) is 6.26 Å². The van der Waals surface area contributed by atoms with Crippen LogP contribution >= 0.6 is 0 Å². The number of rotatable bonds is 6. The maximum absolute atomic E-state index is 10.6. The average Bonchev–Trinajstić information content (AvgIpc) is 2.66. The molecular formula is C10H16N2O3. The van der Waals surface area contributed by atoms with Gasteiger partial charge in [0.05, 0.1) is 0 Å². The topological polar surface area (TPSA) is 66.6 Å². The van der Waals surface area contributed by atoms with Crippen LogP contribution in [0.5, 0.6) is 0 Å². The summed E-state index contributed by atoms with van der Waals surface area (Å²) in [5.41, 5.74) is -0.0396. The lowest BCUT2D eigenvalue weighted by Gasteiger charge is -2.18. The molecule has 0 atom stereocenters. The van der Waals surface area contributed by atoms with E-state index in [1.807, 2.05) is 4.90 Å². The number of anilines is 1. The number of oxazole rings is 1. The third-order valence-corrected chi connectivity index (χ3v) is 1.97. The van der Waals surface area contributed by atoms with Crippen LogP contribution in [0, 0.1) is 0 Å². The molecule has 0 aromatic carbocycles. The Morgan fingerprint density at radius 1 is 1.47 bits per heavy atom. The van der Waals surface area contributed by atoms with Gasteiger partial charge in [-0.15, -0.1) is 0 Å². The van der Waals surface area contributed by atoms with Crippen LogP contribution in [-0.4, -0.2) is 29.1 Å². The van der Waals surface area contributed by atoms with Crippen molar-refractivity contribution >= 4 is 12.0 Å². The fraction of sp³-hybridized carbons (Fsp3) is 0.600. The molecule has 1 heterocycles. The van der Waals surface area contributed by atoms with Gasteiger partial charge in [-0.3, -0.25) is 0 Å². The lowest BCUT2D eigenvalue weighted by atomic mass is 10.4. The van der Waals surface area contributed by atoms with E-state index < -0.39 is 5.97 Å². The minimum atomic E-state index is -1.06. The van der Waals surface area contributed by atoms with Crippen LogP contribution in [-0.2, 0) is 0 Å². The van der Waals surface area contributed by atoms with Crippen LogP contribution in [0.15, 0.2) is 10.7 Å². The first-order chi connectivity index (χ1) is 7.19. The standard InChI is InChI=1S/C10H16N2O3/c1-3-5-12(6-4-2)10-11-8(7-15-10)9(13)14/h7H,3-6H2,1-2H3,(H,13,14). The Kier molecular flexibility index (Phi) is 4.15. The van der Waals surface area contributed by atoms with Gasteiger partial charge in [-0.05, 0) is 12.8 Å². The van der Waals surface area contributed by atoms with Gasteiger partial charge in [0.2, 0.25) is 0 Å². The molecule has 5 heteroatoms. The number of nitrogens with zero attached hydrogens (tertiary/aromatic N) is 2. The molecule has 0 fully saturated rings. The Hall–Kier alpha value is -1.52. The molecule has 0 saturated carbocycles. The van der Waals surface area contributed by atoms with Crippen molar-refractivity contribution in [2.45, 2.75) is 26.7 Å². The van der Waals surface area contributed by atoms with E-state index in [-0.39, 0.29) is 5.69 Å². The molecule has 0 amide bonds. The number of aromatic carboxylic acids is 1. The number of aromatic nitrogens is 1. The van der Waals surface area contributed by atoms with Crippen molar-refractivity contribution in [3.05, 3.63) is 12.0 Å². The first kappa shape index (κ1) is 11.6. The predicted molar refractivity (Wildman–Crippen MR) is 56.3 cm³/mol. The summed E-state index contributed by atoms with van der Waals surface area (Å²) in [6.45, 7) is 5.77. The fourth-order valence-corrected chi connectivity index (χ4v) is 1.35. The second-order valence-electron chi connectivity index (χ2n) is 3.31. The summed E-state index contributed by atoms with van der Waals surface area (Å²) in [6.07, 6.45) is 3.13. The summed E-state index contributed by atoms with van der Waals surface area (Å²) in [5.74, 6) is -1.06. The Morgan fingerprint density at radius 3 is 2.47 bits per heavy atom. The highest BCUT2D eigenvalue weighted by Gasteiger charge is 2.14. The number of carboxylic acids is 1. The zero-order valence-corrected chi connectivity index (χ0v) is 9.06. The molecule has 1 rings (SSSR count). The van der Waals surface area contributed by atoms with Crippen molar-refractivity contribution in [3.63, 3.8) is 0 Å². The van der Waals surface area contributed by atoms with Gasteiger partial charge < -0.3 is 14.4 Å². The van der Waals surface area contributed by atoms with Gasteiger partial charge in [0, 0.05) is 13.1 Å². The van der Waals surface area contributed by atoms with Gasteiger partial charge in [-0.25, -0.2) is 4.79 Å². The molecule has 1 aromatic heterocycles. The van der Waals surface area contributed by atoms with Gasteiger partial charge >= 0.3 is 5.97 Å². The van der Waals surface area contributed by atoms with Crippen LogP contribution in [0.3, 0.4) is 0 Å². The molecule has 0 aliphatic rings. The number of carboxylic acid groups (broad SMARTS) is 1. The van der Waals surface area contributed by atoms with Crippen LogP contribution in [0.1, 0.15) is 37.2 Å². The summed E-state index contributed by atoms with van der Waals surface area (Å²) in [7, 11) is 0.